The van der Waals surface area contributed by atoms with Gasteiger partial charge < -0.3 is 10.0 Å². The predicted molar refractivity (Wildman–Crippen MR) is 76.7 cm³/mol. The van der Waals surface area contributed by atoms with Gasteiger partial charge in [0.05, 0.1) is 6.10 Å². The van der Waals surface area contributed by atoms with E-state index in [1.165, 1.54) is 6.42 Å². The van der Waals surface area contributed by atoms with Crippen LogP contribution >= 0.6 is 0 Å². The Morgan fingerprint density at radius 1 is 1.37 bits per heavy atom. The summed E-state index contributed by atoms with van der Waals surface area (Å²) >= 11 is 0. The van der Waals surface area contributed by atoms with Gasteiger partial charge in [0.1, 0.15) is 0 Å². The van der Waals surface area contributed by atoms with Gasteiger partial charge in [-0.05, 0) is 43.9 Å². The van der Waals surface area contributed by atoms with Gasteiger partial charge in [0, 0.05) is 24.9 Å². The molecule has 4 atom stereocenters. The van der Waals surface area contributed by atoms with Crippen LogP contribution < -0.4 is 0 Å². The number of hydrogen-bond donors (Lipinski definition) is 1. The van der Waals surface area contributed by atoms with Crippen LogP contribution in [-0.4, -0.2) is 35.1 Å². The van der Waals surface area contributed by atoms with E-state index in [9.17, 15) is 9.90 Å². The molecule has 3 nitrogen and oxygen atoms in total. The maximum absolute atomic E-state index is 12.6. The first-order valence-corrected chi connectivity index (χ1v) is 7.75. The van der Waals surface area contributed by atoms with E-state index >= 15 is 0 Å². The van der Waals surface area contributed by atoms with Crippen LogP contribution in [-0.2, 0) is 4.79 Å². The van der Waals surface area contributed by atoms with E-state index in [0.29, 0.717) is 17.2 Å². The number of amides is 1. The number of aliphatic hydroxyl groups is 1. The summed E-state index contributed by atoms with van der Waals surface area (Å²) in [6, 6.07) is 0. The first kappa shape index (κ1) is 14.8. The van der Waals surface area contributed by atoms with Crippen molar-refractivity contribution >= 4 is 5.91 Å². The summed E-state index contributed by atoms with van der Waals surface area (Å²) < 4.78 is 0. The standard InChI is InChI=1S/C16H29NO2/c1-11-7-14(9-16(3,4)8-11)15(19)17-6-5-13(10-17)12(2)18/h11-14,18H,5-10H2,1-4H3. The number of nitrogens with zero attached hydrogens (tertiary/aromatic N) is 1. The van der Waals surface area contributed by atoms with Crippen molar-refractivity contribution in [2.75, 3.05) is 13.1 Å². The second kappa shape index (κ2) is 5.43. The Balaban J connectivity index is 1.96. The van der Waals surface area contributed by atoms with Gasteiger partial charge in [0.2, 0.25) is 5.91 Å². The molecule has 1 aliphatic heterocycles. The molecule has 19 heavy (non-hydrogen) atoms. The zero-order valence-corrected chi connectivity index (χ0v) is 12.9. The molecular formula is C16H29NO2. The minimum Gasteiger partial charge on any atom is -0.393 e. The van der Waals surface area contributed by atoms with E-state index < -0.39 is 0 Å². The van der Waals surface area contributed by atoms with Gasteiger partial charge in [-0.2, -0.15) is 0 Å². The van der Waals surface area contributed by atoms with Crippen LogP contribution in [0.4, 0.5) is 0 Å². The monoisotopic (exact) mass is 267 g/mol. The molecule has 1 saturated heterocycles. The highest BCUT2D eigenvalue weighted by Gasteiger charge is 2.39. The lowest BCUT2D eigenvalue weighted by Gasteiger charge is -2.39. The highest BCUT2D eigenvalue weighted by atomic mass is 16.3. The lowest BCUT2D eigenvalue weighted by molar-refractivity contribution is -0.137. The topological polar surface area (TPSA) is 40.5 Å². The molecular weight excluding hydrogens is 238 g/mol. The molecule has 4 unspecified atom stereocenters. The smallest absolute Gasteiger partial charge is 0.225 e. The van der Waals surface area contributed by atoms with Crippen molar-refractivity contribution in [2.45, 2.75) is 59.5 Å². The van der Waals surface area contributed by atoms with Crippen LogP contribution in [0.3, 0.4) is 0 Å². The molecule has 0 bridgehead atoms. The van der Waals surface area contributed by atoms with Gasteiger partial charge in [-0.25, -0.2) is 0 Å². The lowest BCUT2D eigenvalue weighted by atomic mass is 9.67. The fourth-order valence-corrected chi connectivity index (χ4v) is 4.17. The van der Waals surface area contributed by atoms with E-state index in [4.69, 9.17) is 0 Å². The molecule has 0 aromatic heterocycles. The molecule has 1 aliphatic carbocycles. The van der Waals surface area contributed by atoms with E-state index in [2.05, 4.69) is 20.8 Å². The van der Waals surface area contributed by atoms with Crippen molar-refractivity contribution in [2.24, 2.45) is 23.2 Å². The predicted octanol–water partition coefficient (Wildman–Crippen LogP) is 2.68. The van der Waals surface area contributed by atoms with Crippen LogP contribution in [0, 0.1) is 23.2 Å². The third kappa shape index (κ3) is 3.50. The molecule has 1 heterocycles. The van der Waals surface area contributed by atoms with Crippen LogP contribution in [0.25, 0.3) is 0 Å². The zero-order chi connectivity index (χ0) is 14.2. The minimum atomic E-state index is -0.292. The normalized spacial score (nSPS) is 36.3. The van der Waals surface area contributed by atoms with E-state index in [-0.39, 0.29) is 17.9 Å². The highest BCUT2D eigenvalue weighted by molar-refractivity contribution is 5.79. The molecule has 2 fully saturated rings. The summed E-state index contributed by atoms with van der Waals surface area (Å²) in [7, 11) is 0. The van der Waals surface area contributed by atoms with Crippen LogP contribution in [0.1, 0.15) is 53.4 Å². The second-order valence-corrected chi connectivity index (χ2v) is 7.68. The van der Waals surface area contributed by atoms with Crippen molar-refractivity contribution in [1.82, 2.24) is 4.90 Å². The number of rotatable bonds is 2. The average molecular weight is 267 g/mol. The fourth-order valence-electron chi connectivity index (χ4n) is 4.17. The second-order valence-electron chi connectivity index (χ2n) is 7.68. The van der Waals surface area contributed by atoms with Gasteiger partial charge in [-0.3, -0.25) is 4.79 Å². The number of likely N-dealkylation sites (tertiary alicyclic amines) is 1. The van der Waals surface area contributed by atoms with E-state index in [1.807, 2.05) is 11.8 Å². The summed E-state index contributed by atoms with van der Waals surface area (Å²) in [5.41, 5.74) is 0.293. The van der Waals surface area contributed by atoms with Crippen molar-refractivity contribution in [3.63, 3.8) is 0 Å². The van der Waals surface area contributed by atoms with Gasteiger partial charge >= 0.3 is 0 Å². The van der Waals surface area contributed by atoms with Crippen molar-refractivity contribution < 1.29 is 9.90 Å². The molecule has 0 spiro atoms. The van der Waals surface area contributed by atoms with Gasteiger partial charge in [-0.15, -0.1) is 0 Å². The molecule has 1 N–H and O–H groups in total. The molecule has 2 rings (SSSR count). The number of carbonyl (C=O) groups excluding carboxylic acids is 1. The third-order valence-corrected chi connectivity index (χ3v) is 4.95. The molecule has 1 amide bonds. The molecule has 2 aliphatic rings. The van der Waals surface area contributed by atoms with Crippen molar-refractivity contribution in [1.29, 1.82) is 0 Å². The largest absolute Gasteiger partial charge is 0.393 e. The SMILES string of the molecule is CC1CC(C(=O)N2CCC(C(C)O)C2)CC(C)(C)C1. The Morgan fingerprint density at radius 3 is 2.58 bits per heavy atom. The highest BCUT2D eigenvalue weighted by Crippen LogP contribution is 2.42. The quantitative estimate of drug-likeness (QED) is 0.835. The van der Waals surface area contributed by atoms with E-state index in [1.54, 1.807) is 0 Å². The van der Waals surface area contributed by atoms with E-state index in [0.717, 1.165) is 32.4 Å². The average Bonchev–Trinajstić information content (AvgIpc) is 2.74. The van der Waals surface area contributed by atoms with Gasteiger partial charge in [-0.1, -0.05) is 20.8 Å². The maximum atomic E-state index is 12.6. The Morgan fingerprint density at radius 2 is 2.05 bits per heavy atom. The van der Waals surface area contributed by atoms with Crippen LogP contribution in [0.5, 0.6) is 0 Å². The summed E-state index contributed by atoms with van der Waals surface area (Å²) in [5, 5.41) is 9.65. The Hall–Kier alpha value is -0.570. The Bertz CT molecular complexity index is 338. The first-order chi connectivity index (χ1) is 8.78. The Kier molecular flexibility index (Phi) is 4.24. The summed E-state index contributed by atoms with van der Waals surface area (Å²) in [6.07, 6.45) is 3.95. The van der Waals surface area contributed by atoms with Crippen LogP contribution in [0.15, 0.2) is 0 Å². The lowest BCUT2D eigenvalue weighted by Crippen LogP contribution is -2.40. The summed E-state index contributed by atoms with van der Waals surface area (Å²) in [5.74, 6) is 1.46. The molecule has 0 aromatic carbocycles. The number of carbonyl (C=O) groups is 1. The molecule has 0 aromatic rings. The maximum Gasteiger partial charge on any atom is 0.225 e. The van der Waals surface area contributed by atoms with Gasteiger partial charge in [0.25, 0.3) is 0 Å². The summed E-state index contributed by atoms with van der Waals surface area (Å²) in [6.45, 7) is 10.3. The zero-order valence-electron chi connectivity index (χ0n) is 12.9. The Labute approximate surface area is 117 Å². The van der Waals surface area contributed by atoms with Crippen LogP contribution in [0.2, 0.25) is 0 Å². The molecule has 1 saturated carbocycles. The molecule has 0 radical (unpaired) electrons. The molecule has 3 heteroatoms. The van der Waals surface area contributed by atoms with Crippen molar-refractivity contribution in [3.05, 3.63) is 0 Å². The first-order valence-electron chi connectivity index (χ1n) is 7.75. The summed E-state index contributed by atoms with van der Waals surface area (Å²) in [4.78, 5) is 14.6. The third-order valence-electron chi connectivity index (χ3n) is 4.95. The van der Waals surface area contributed by atoms with Gasteiger partial charge in [0.15, 0.2) is 0 Å². The van der Waals surface area contributed by atoms with Crippen molar-refractivity contribution in [3.8, 4) is 0 Å². The number of aliphatic hydroxyl groups excluding tert-OH is 1. The molecule has 110 valence electrons. The number of hydrogen-bond acceptors (Lipinski definition) is 2. The fraction of sp³-hybridized carbons (Fsp3) is 0.938. The minimum absolute atomic E-state index is 0.200.